The summed E-state index contributed by atoms with van der Waals surface area (Å²) in [5.41, 5.74) is 0. The molecule has 0 aliphatic heterocycles. The first kappa shape index (κ1) is 13.4. The summed E-state index contributed by atoms with van der Waals surface area (Å²) < 4.78 is 14.7. The van der Waals surface area contributed by atoms with Crippen LogP contribution >= 0.6 is 0 Å². The Morgan fingerprint density at radius 3 is 2.14 bits per heavy atom. The minimum Gasteiger partial charge on any atom is -0.469 e. The predicted molar refractivity (Wildman–Crippen MR) is 52.8 cm³/mol. The highest BCUT2D eigenvalue weighted by molar-refractivity contribution is 5.71. The molecule has 0 aliphatic rings. The number of hydrogen-bond acceptors (Lipinski definition) is 4. The van der Waals surface area contributed by atoms with Crippen molar-refractivity contribution in [3.8, 4) is 0 Å². The van der Waals surface area contributed by atoms with Gasteiger partial charge in [0.05, 0.1) is 13.0 Å². The van der Waals surface area contributed by atoms with Gasteiger partial charge < -0.3 is 14.2 Å². The van der Waals surface area contributed by atoms with E-state index in [1.165, 1.54) is 7.11 Å². The molecular formula is C10H20O4. The van der Waals surface area contributed by atoms with Gasteiger partial charge in [-0.2, -0.15) is 0 Å². The van der Waals surface area contributed by atoms with Crippen LogP contribution in [0.3, 0.4) is 0 Å². The maximum Gasteiger partial charge on any atom is 0.308 e. The van der Waals surface area contributed by atoms with E-state index in [0.717, 1.165) is 19.3 Å². The normalized spacial score (nSPS) is 12.9. The SMILES string of the molecule is COC(=O)C(C)CCCC(OC)OC. The van der Waals surface area contributed by atoms with E-state index in [1.807, 2.05) is 6.92 Å². The van der Waals surface area contributed by atoms with Crippen LogP contribution in [0.5, 0.6) is 0 Å². The Kier molecular flexibility index (Phi) is 7.42. The van der Waals surface area contributed by atoms with Crippen LogP contribution in [0.4, 0.5) is 0 Å². The first-order valence-electron chi connectivity index (χ1n) is 4.79. The lowest BCUT2D eigenvalue weighted by Crippen LogP contribution is -2.16. The summed E-state index contributed by atoms with van der Waals surface area (Å²) >= 11 is 0. The van der Waals surface area contributed by atoms with Gasteiger partial charge in [0.25, 0.3) is 0 Å². The summed E-state index contributed by atoms with van der Waals surface area (Å²) in [5.74, 6) is -0.203. The Hall–Kier alpha value is -0.610. The van der Waals surface area contributed by atoms with Gasteiger partial charge in [-0.25, -0.2) is 0 Å². The van der Waals surface area contributed by atoms with Crippen LogP contribution in [-0.4, -0.2) is 33.6 Å². The molecule has 0 amide bonds. The predicted octanol–water partition coefficient (Wildman–Crippen LogP) is 1.58. The summed E-state index contributed by atoms with van der Waals surface area (Å²) in [6, 6.07) is 0. The zero-order valence-corrected chi connectivity index (χ0v) is 9.41. The first-order chi connectivity index (χ1) is 6.65. The number of rotatable bonds is 7. The minimum absolute atomic E-state index is 0.0469. The molecule has 1 atom stereocenters. The van der Waals surface area contributed by atoms with E-state index >= 15 is 0 Å². The van der Waals surface area contributed by atoms with Crippen molar-refractivity contribution in [2.75, 3.05) is 21.3 Å². The number of methoxy groups -OCH3 is 3. The number of carbonyl (C=O) groups excluding carboxylic acids is 1. The molecule has 0 radical (unpaired) electrons. The quantitative estimate of drug-likeness (QED) is 0.466. The number of esters is 1. The molecule has 0 aliphatic carbocycles. The van der Waals surface area contributed by atoms with E-state index in [-0.39, 0.29) is 18.2 Å². The molecule has 0 aromatic carbocycles. The third-order valence-corrected chi connectivity index (χ3v) is 2.21. The zero-order valence-electron chi connectivity index (χ0n) is 9.41. The molecule has 0 spiro atoms. The molecule has 4 nitrogen and oxygen atoms in total. The fraction of sp³-hybridized carbons (Fsp3) is 0.900. The van der Waals surface area contributed by atoms with Crippen LogP contribution < -0.4 is 0 Å². The molecule has 1 unspecified atom stereocenters. The van der Waals surface area contributed by atoms with E-state index in [2.05, 4.69) is 4.74 Å². The zero-order chi connectivity index (χ0) is 11.0. The molecule has 0 saturated carbocycles. The average Bonchev–Trinajstić information content (AvgIpc) is 2.22. The third kappa shape index (κ3) is 5.19. The molecule has 4 heteroatoms. The van der Waals surface area contributed by atoms with Crippen molar-refractivity contribution in [1.29, 1.82) is 0 Å². The van der Waals surface area contributed by atoms with Gasteiger partial charge in [-0.3, -0.25) is 4.79 Å². The maximum absolute atomic E-state index is 11.0. The van der Waals surface area contributed by atoms with Crippen molar-refractivity contribution < 1.29 is 19.0 Å². The Morgan fingerprint density at radius 1 is 1.14 bits per heavy atom. The van der Waals surface area contributed by atoms with E-state index in [1.54, 1.807) is 14.2 Å². The Morgan fingerprint density at radius 2 is 1.71 bits per heavy atom. The van der Waals surface area contributed by atoms with Gasteiger partial charge in [0.15, 0.2) is 6.29 Å². The second-order valence-corrected chi connectivity index (χ2v) is 3.26. The smallest absolute Gasteiger partial charge is 0.308 e. The topological polar surface area (TPSA) is 44.8 Å². The highest BCUT2D eigenvalue weighted by atomic mass is 16.7. The van der Waals surface area contributed by atoms with Gasteiger partial charge in [0.2, 0.25) is 0 Å². The first-order valence-corrected chi connectivity index (χ1v) is 4.79. The van der Waals surface area contributed by atoms with Gasteiger partial charge in [-0.15, -0.1) is 0 Å². The van der Waals surface area contributed by atoms with Crippen LogP contribution in [0.15, 0.2) is 0 Å². The lowest BCUT2D eigenvalue weighted by molar-refractivity contribution is -0.145. The molecule has 14 heavy (non-hydrogen) atoms. The number of ether oxygens (including phenoxy) is 3. The van der Waals surface area contributed by atoms with Gasteiger partial charge in [0.1, 0.15) is 0 Å². The fourth-order valence-corrected chi connectivity index (χ4v) is 1.24. The summed E-state index contributed by atoms with van der Waals surface area (Å²) in [5, 5.41) is 0. The van der Waals surface area contributed by atoms with Gasteiger partial charge in [-0.05, 0) is 19.3 Å². The molecule has 0 N–H and O–H groups in total. The number of hydrogen-bond donors (Lipinski definition) is 0. The largest absolute Gasteiger partial charge is 0.469 e. The van der Waals surface area contributed by atoms with Crippen LogP contribution in [0.2, 0.25) is 0 Å². The summed E-state index contributed by atoms with van der Waals surface area (Å²) in [6.45, 7) is 1.86. The second kappa shape index (κ2) is 7.76. The van der Waals surface area contributed by atoms with E-state index in [0.29, 0.717) is 0 Å². The monoisotopic (exact) mass is 204 g/mol. The molecular weight excluding hydrogens is 184 g/mol. The highest BCUT2D eigenvalue weighted by Gasteiger charge is 2.13. The molecule has 84 valence electrons. The van der Waals surface area contributed by atoms with E-state index in [9.17, 15) is 4.79 Å². The van der Waals surface area contributed by atoms with Crippen LogP contribution in [-0.2, 0) is 19.0 Å². The Bertz CT molecular complexity index is 154. The van der Waals surface area contributed by atoms with Crippen molar-refractivity contribution in [2.24, 2.45) is 5.92 Å². The highest BCUT2D eigenvalue weighted by Crippen LogP contribution is 2.12. The molecule has 0 heterocycles. The second-order valence-electron chi connectivity index (χ2n) is 3.26. The molecule has 0 aromatic rings. The fourth-order valence-electron chi connectivity index (χ4n) is 1.24. The van der Waals surface area contributed by atoms with Crippen molar-refractivity contribution in [1.82, 2.24) is 0 Å². The van der Waals surface area contributed by atoms with Crippen LogP contribution in [0, 0.1) is 5.92 Å². The van der Waals surface area contributed by atoms with Crippen LogP contribution in [0.1, 0.15) is 26.2 Å². The Labute approximate surface area is 85.5 Å². The molecule has 0 aromatic heterocycles. The molecule has 0 fully saturated rings. The average molecular weight is 204 g/mol. The Balaban J connectivity index is 3.57. The summed E-state index contributed by atoms with van der Waals surface area (Å²) in [6.07, 6.45) is 2.33. The number of carbonyl (C=O) groups is 1. The van der Waals surface area contributed by atoms with Crippen molar-refractivity contribution in [3.05, 3.63) is 0 Å². The van der Waals surface area contributed by atoms with Crippen LogP contribution in [0.25, 0.3) is 0 Å². The van der Waals surface area contributed by atoms with Gasteiger partial charge in [0, 0.05) is 14.2 Å². The molecule has 0 rings (SSSR count). The van der Waals surface area contributed by atoms with Gasteiger partial charge in [-0.1, -0.05) is 6.92 Å². The maximum atomic E-state index is 11.0. The summed E-state index contributed by atoms with van der Waals surface area (Å²) in [4.78, 5) is 11.0. The van der Waals surface area contributed by atoms with Crippen molar-refractivity contribution in [2.45, 2.75) is 32.5 Å². The lowest BCUT2D eigenvalue weighted by atomic mass is 10.0. The lowest BCUT2D eigenvalue weighted by Gasteiger charge is -2.14. The minimum atomic E-state index is -0.167. The third-order valence-electron chi connectivity index (χ3n) is 2.21. The molecule has 0 saturated heterocycles. The van der Waals surface area contributed by atoms with Gasteiger partial charge >= 0.3 is 5.97 Å². The molecule has 0 bridgehead atoms. The standard InChI is InChI=1S/C10H20O4/c1-8(10(11)14-4)6-5-7-9(12-2)13-3/h8-9H,5-7H2,1-4H3. The van der Waals surface area contributed by atoms with Crippen molar-refractivity contribution >= 4 is 5.97 Å². The van der Waals surface area contributed by atoms with E-state index in [4.69, 9.17) is 9.47 Å². The summed E-state index contributed by atoms with van der Waals surface area (Å²) in [7, 11) is 4.63. The van der Waals surface area contributed by atoms with Crippen molar-refractivity contribution in [3.63, 3.8) is 0 Å². The van der Waals surface area contributed by atoms with E-state index < -0.39 is 0 Å².